The van der Waals surface area contributed by atoms with E-state index in [0.717, 1.165) is 13.0 Å². The van der Waals surface area contributed by atoms with Gasteiger partial charge in [0.1, 0.15) is 10.8 Å². The molecule has 0 bridgehead atoms. The van der Waals surface area contributed by atoms with Crippen LogP contribution in [0, 0.1) is 0 Å². The number of rotatable bonds is 9. The largest absolute Gasteiger partial charge is 0.334 e. The lowest BCUT2D eigenvalue weighted by Crippen LogP contribution is -2.28. The topological polar surface area (TPSA) is 61.8 Å². The maximum atomic E-state index is 12.0. The van der Waals surface area contributed by atoms with Crippen LogP contribution in [-0.2, 0) is 9.59 Å². The van der Waals surface area contributed by atoms with Crippen molar-refractivity contribution in [2.45, 2.75) is 38.4 Å². The zero-order valence-electron chi connectivity index (χ0n) is 13.1. The molecule has 0 aliphatic rings. The van der Waals surface area contributed by atoms with Gasteiger partial charge in [-0.3, -0.25) is 14.5 Å². The molecule has 0 saturated carbocycles. The fourth-order valence-electron chi connectivity index (χ4n) is 1.34. The molecule has 0 aliphatic carbocycles. The zero-order valence-corrected chi connectivity index (χ0v) is 15.5. The van der Waals surface area contributed by atoms with Crippen molar-refractivity contribution in [2.24, 2.45) is 4.99 Å². The summed E-state index contributed by atoms with van der Waals surface area (Å²) in [4.78, 5) is 27.7. The van der Waals surface area contributed by atoms with Gasteiger partial charge in [-0.1, -0.05) is 11.9 Å². The number of hydrogen-bond donors (Lipinski definition) is 1. The Bertz CT molecular complexity index is 406. The summed E-state index contributed by atoms with van der Waals surface area (Å²) in [5.41, 5.74) is 0.611. The molecule has 7 heteroatoms. The summed E-state index contributed by atoms with van der Waals surface area (Å²) in [6.07, 6.45) is 2.17. The Morgan fingerprint density at radius 2 is 2.10 bits per heavy atom. The number of amides is 1. The molecule has 0 aromatic carbocycles. The number of halogens is 1. The smallest absolute Gasteiger partial charge is 0.262 e. The molecule has 0 fully saturated rings. The molecule has 0 unspecified atom stereocenters. The minimum atomic E-state index is -0.262. The van der Waals surface area contributed by atoms with Crippen molar-refractivity contribution < 1.29 is 9.59 Å². The number of aliphatic imine (C=N–C) groups is 1. The van der Waals surface area contributed by atoms with Gasteiger partial charge in [0.2, 0.25) is 0 Å². The molecule has 0 radical (unpaired) electrons. The Kier molecular flexibility index (Phi) is 9.81. The zero-order chi connectivity index (χ0) is 16.5. The predicted molar refractivity (Wildman–Crippen MR) is 93.8 cm³/mol. The van der Waals surface area contributed by atoms with Crippen LogP contribution in [0.4, 0.5) is 0 Å². The molecule has 0 aromatic rings. The summed E-state index contributed by atoms with van der Waals surface area (Å²) in [5.74, 6) is -0.262. The fourth-order valence-corrected chi connectivity index (χ4v) is 2.65. The van der Waals surface area contributed by atoms with Crippen molar-refractivity contribution in [1.82, 2.24) is 9.62 Å². The fraction of sp³-hybridized carbons (Fsp3) is 0.643. The van der Waals surface area contributed by atoms with E-state index in [1.165, 1.54) is 4.90 Å². The molecule has 0 spiro atoms. The summed E-state index contributed by atoms with van der Waals surface area (Å²) in [6, 6.07) is 0. The van der Waals surface area contributed by atoms with E-state index in [-0.39, 0.29) is 17.2 Å². The Morgan fingerprint density at radius 3 is 2.57 bits per heavy atom. The molecular weight excluding hydrogens is 354 g/mol. The van der Waals surface area contributed by atoms with Gasteiger partial charge in [-0.2, -0.15) is 0 Å². The first kappa shape index (κ1) is 20.3. The number of carbonyl (C=O) groups is 2. The Balaban J connectivity index is 4.42. The van der Waals surface area contributed by atoms with Gasteiger partial charge in [-0.25, -0.2) is 0 Å². The first-order valence-corrected chi connectivity index (χ1v) is 8.29. The molecule has 0 atom stereocenters. The number of hydrogen-bond acceptors (Lipinski definition) is 5. The molecule has 0 saturated heterocycles. The van der Waals surface area contributed by atoms with E-state index < -0.39 is 0 Å². The van der Waals surface area contributed by atoms with Crippen LogP contribution < -0.4 is 4.72 Å². The highest BCUT2D eigenvalue weighted by Crippen LogP contribution is 2.21. The number of likely N-dealkylation sites (N-methyl/N-ethyl adjacent to an activating group) is 1. The second-order valence-corrected chi connectivity index (χ2v) is 7.99. The molecule has 1 amide bonds. The SMILES string of the molecule is C=N/C(CCCNSC(C)(C)C)=C(/Br)C(=O)N(C)CC=O. The second kappa shape index (κ2) is 10.1. The monoisotopic (exact) mass is 377 g/mol. The highest BCUT2D eigenvalue weighted by Gasteiger charge is 2.16. The van der Waals surface area contributed by atoms with Crippen LogP contribution >= 0.6 is 27.9 Å². The summed E-state index contributed by atoms with van der Waals surface area (Å²) in [5, 5.41) is 0. The van der Waals surface area contributed by atoms with Gasteiger partial charge in [-0.05, 0) is 56.3 Å². The van der Waals surface area contributed by atoms with Gasteiger partial charge in [-0.15, -0.1) is 0 Å². The summed E-state index contributed by atoms with van der Waals surface area (Å²) in [7, 11) is 1.57. The average molecular weight is 378 g/mol. The third-order valence-electron chi connectivity index (χ3n) is 2.40. The summed E-state index contributed by atoms with van der Waals surface area (Å²) < 4.78 is 3.83. The molecule has 0 rings (SSSR count). The Labute approximate surface area is 139 Å². The van der Waals surface area contributed by atoms with E-state index >= 15 is 0 Å². The van der Waals surface area contributed by atoms with E-state index in [9.17, 15) is 9.59 Å². The molecule has 21 heavy (non-hydrogen) atoms. The number of allylic oxidation sites excluding steroid dienone is 1. The second-order valence-electron chi connectivity index (χ2n) is 5.48. The van der Waals surface area contributed by atoms with Crippen LogP contribution in [0.25, 0.3) is 0 Å². The highest BCUT2D eigenvalue weighted by molar-refractivity contribution is 9.12. The van der Waals surface area contributed by atoms with E-state index in [1.54, 1.807) is 19.0 Å². The third-order valence-corrected chi connectivity index (χ3v) is 4.16. The third kappa shape index (κ3) is 9.06. The maximum absolute atomic E-state index is 12.0. The Morgan fingerprint density at radius 1 is 1.48 bits per heavy atom. The van der Waals surface area contributed by atoms with Crippen LogP contribution in [0.2, 0.25) is 0 Å². The average Bonchev–Trinajstić information content (AvgIpc) is 2.40. The van der Waals surface area contributed by atoms with E-state index in [0.29, 0.717) is 22.9 Å². The lowest BCUT2D eigenvalue weighted by Gasteiger charge is -2.18. The van der Waals surface area contributed by atoms with Crippen LogP contribution in [-0.4, -0.2) is 48.7 Å². The summed E-state index contributed by atoms with van der Waals surface area (Å²) >= 11 is 4.94. The van der Waals surface area contributed by atoms with Gasteiger partial charge >= 0.3 is 0 Å². The molecule has 0 aliphatic heterocycles. The Hall–Kier alpha value is -0.660. The van der Waals surface area contributed by atoms with Gasteiger partial charge in [0.15, 0.2) is 0 Å². The van der Waals surface area contributed by atoms with Crippen LogP contribution in [0.3, 0.4) is 0 Å². The normalized spacial score (nSPS) is 12.6. The van der Waals surface area contributed by atoms with Crippen LogP contribution in [0.5, 0.6) is 0 Å². The van der Waals surface area contributed by atoms with E-state index in [4.69, 9.17) is 0 Å². The number of carbonyl (C=O) groups excluding carboxylic acids is 2. The predicted octanol–water partition coefficient (Wildman–Crippen LogP) is 2.77. The minimum Gasteiger partial charge on any atom is -0.334 e. The lowest BCUT2D eigenvalue weighted by molar-refractivity contribution is -0.127. The standard InChI is InChI=1S/C14H24BrN3O2S/c1-14(2,3)21-17-8-6-7-11(16-4)12(15)13(20)18(5)9-10-19/h10,17H,4,6-9H2,1-3,5H3/b12-11+. The highest BCUT2D eigenvalue weighted by atomic mass is 79.9. The molecule has 0 heterocycles. The van der Waals surface area contributed by atoms with Crippen molar-refractivity contribution >= 4 is 46.8 Å². The van der Waals surface area contributed by atoms with Crippen molar-refractivity contribution in [2.75, 3.05) is 20.1 Å². The molecule has 1 N–H and O–H groups in total. The van der Waals surface area contributed by atoms with Gasteiger partial charge < -0.3 is 9.69 Å². The lowest BCUT2D eigenvalue weighted by atomic mass is 10.2. The molecule has 120 valence electrons. The van der Waals surface area contributed by atoms with Crippen LogP contribution in [0.1, 0.15) is 33.6 Å². The number of nitrogens with zero attached hydrogens (tertiary/aromatic N) is 2. The summed E-state index contributed by atoms with van der Waals surface area (Å²) in [6.45, 7) is 10.8. The van der Waals surface area contributed by atoms with Gasteiger partial charge in [0, 0.05) is 18.3 Å². The number of nitrogens with one attached hydrogen (secondary N) is 1. The van der Waals surface area contributed by atoms with E-state index in [2.05, 4.69) is 53.1 Å². The molecule has 5 nitrogen and oxygen atoms in total. The number of aldehydes is 1. The first-order valence-electron chi connectivity index (χ1n) is 6.68. The van der Waals surface area contributed by atoms with Crippen molar-refractivity contribution in [3.05, 3.63) is 10.2 Å². The van der Waals surface area contributed by atoms with Gasteiger partial charge in [0.25, 0.3) is 5.91 Å². The minimum absolute atomic E-state index is 0.0577. The molecule has 0 aromatic heterocycles. The van der Waals surface area contributed by atoms with E-state index in [1.807, 2.05) is 0 Å². The van der Waals surface area contributed by atoms with Crippen molar-refractivity contribution in [3.8, 4) is 0 Å². The van der Waals surface area contributed by atoms with Crippen molar-refractivity contribution in [1.29, 1.82) is 0 Å². The first-order chi connectivity index (χ1) is 9.72. The molecular formula is C14H24BrN3O2S. The maximum Gasteiger partial charge on any atom is 0.262 e. The van der Waals surface area contributed by atoms with Crippen molar-refractivity contribution in [3.63, 3.8) is 0 Å². The van der Waals surface area contributed by atoms with Gasteiger partial charge in [0.05, 0.1) is 12.2 Å². The van der Waals surface area contributed by atoms with Crippen LogP contribution in [0.15, 0.2) is 15.2 Å². The quantitative estimate of drug-likeness (QED) is 0.220.